The SMILES string of the molecule is COc1cc(OC)c(C(O)CN)cc1C. The van der Waals surface area contributed by atoms with E-state index in [1.165, 1.54) is 0 Å². The maximum Gasteiger partial charge on any atom is 0.128 e. The second-order valence-electron chi connectivity index (χ2n) is 3.32. The molecule has 84 valence electrons. The molecule has 4 nitrogen and oxygen atoms in total. The second-order valence-corrected chi connectivity index (χ2v) is 3.32. The van der Waals surface area contributed by atoms with Crippen molar-refractivity contribution < 1.29 is 14.6 Å². The lowest BCUT2D eigenvalue weighted by atomic mass is 10.0. The zero-order valence-corrected chi connectivity index (χ0v) is 9.28. The minimum Gasteiger partial charge on any atom is -0.496 e. The monoisotopic (exact) mass is 211 g/mol. The molecule has 0 saturated heterocycles. The van der Waals surface area contributed by atoms with E-state index in [0.717, 1.165) is 11.3 Å². The van der Waals surface area contributed by atoms with Crippen LogP contribution in [0, 0.1) is 6.92 Å². The summed E-state index contributed by atoms with van der Waals surface area (Å²) in [6, 6.07) is 3.58. The Bertz CT molecular complexity index is 339. The molecule has 15 heavy (non-hydrogen) atoms. The molecule has 1 rings (SSSR count). The molecule has 0 bridgehead atoms. The van der Waals surface area contributed by atoms with Crippen LogP contribution < -0.4 is 15.2 Å². The zero-order valence-electron chi connectivity index (χ0n) is 9.28. The Morgan fingerprint density at radius 2 is 1.87 bits per heavy atom. The lowest BCUT2D eigenvalue weighted by Gasteiger charge is -2.16. The average Bonchev–Trinajstić information content (AvgIpc) is 2.27. The number of hydrogen-bond acceptors (Lipinski definition) is 4. The molecule has 0 radical (unpaired) electrons. The Morgan fingerprint density at radius 1 is 1.27 bits per heavy atom. The molecule has 0 heterocycles. The summed E-state index contributed by atoms with van der Waals surface area (Å²) in [5, 5.41) is 9.68. The first-order valence-electron chi connectivity index (χ1n) is 4.74. The van der Waals surface area contributed by atoms with Crippen LogP contribution in [0.4, 0.5) is 0 Å². The molecule has 1 atom stereocenters. The highest BCUT2D eigenvalue weighted by Gasteiger charge is 2.14. The lowest BCUT2D eigenvalue weighted by molar-refractivity contribution is 0.182. The number of ether oxygens (including phenoxy) is 2. The summed E-state index contributed by atoms with van der Waals surface area (Å²) in [6.45, 7) is 2.08. The van der Waals surface area contributed by atoms with E-state index in [4.69, 9.17) is 15.2 Å². The average molecular weight is 211 g/mol. The summed E-state index contributed by atoms with van der Waals surface area (Å²) in [4.78, 5) is 0. The van der Waals surface area contributed by atoms with Gasteiger partial charge in [0, 0.05) is 18.2 Å². The van der Waals surface area contributed by atoms with Crippen LogP contribution in [0.15, 0.2) is 12.1 Å². The van der Waals surface area contributed by atoms with Gasteiger partial charge in [-0.25, -0.2) is 0 Å². The van der Waals surface area contributed by atoms with Crippen LogP contribution in [-0.2, 0) is 0 Å². The van der Waals surface area contributed by atoms with Crippen molar-refractivity contribution in [2.75, 3.05) is 20.8 Å². The van der Waals surface area contributed by atoms with Crippen LogP contribution >= 0.6 is 0 Å². The zero-order chi connectivity index (χ0) is 11.4. The molecule has 0 saturated carbocycles. The fourth-order valence-electron chi connectivity index (χ4n) is 1.48. The molecule has 0 aliphatic carbocycles. The lowest BCUT2D eigenvalue weighted by Crippen LogP contribution is -2.13. The van der Waals surface area contributed by atoms with Crippen LogP contribution in [-0.4, -0.2) is 25.9 Å². The van der Waals surface area contributed by atoms with Gasteiger partial charge in [0.25, 0.3) is 0 Å². The van der Waals surface area contributed by atoms with Crippen molar-refractivity contribution in [3.63, 3.8) is 0 Å². The fourth-order valence-corrected chi connectivity index (χ4v) is 1.48. The molecule has 0 aromatic heterocycles. The quantitative estimate of drug-likeness (QED) is 0.780. The molecule has 3 N–H and O–H groups in total. The van der Waals surface area contributed by atoms with E-state index in [-0.39, 0.29) is 6.54 Å². The van der Waals surface area contributed by atoms with Crippen molar-refractivity contribution in [1.29, 1.82) is 0 Å². The van der Waals surface area contributed by atoms with Gasteiger partial charge in [0.15, 0.2) is 0 Å². The first kappa shape index (κ1) is 11.8. The third kappa shape index (κ3) is 2.40. The van der Waals surface area contributed by atoms with E-state index >= 15 is 0 Å². The number of aliphatic hydroxyl groups is 1. The van der Waals surface area contributed by atoms with Gasteiger partial charge in [-0.2, -0.15) is 0 Å². The van der Waals surface area contributed by atoms with Gasteiger partial charge < -0.3 is 20.3 Å². The largest absolute Gasteiger partial charge is 0.496 e. The minimum atomic E-state index is -0.704. The summed E-state index contributed by atoms with van der Waals surface area (Å²) in [5.41, 5.74) is 7.05. The van der Waals surface area contributed by atoms with E-state index in [2.05, 4.69) is 0 Å². The third-order valence-electron chi connectivity index (χ3n) is 2.33. The normalized spacial score (nSPS) is 12.3. The number of aryl methyl sites for hydroxylation is 1. The molecular weight excluding hydrogens is 194 g/mol. The van der Waals surface area contributed by atoms with Crippen LogP contribution in [0.2, 0.25) is 0 Å². The van der Waals surface area contributed by atoms with E-state index in [1.54, 1.807) is 20.3 Å². The van der Waals surface area contributed by atoms with Gasteiger partial charge in [-0.3, -0.25) is 0 Å². The maximum absolute atomic E-state index is 9.68. The second kappa shape index (κ2) is 5.00. The molecule has 4 heteroatoms. The van der Waals surface area contributed by atoms with Gasteiger partial charge >= 0.3 is 0 Å². The predicted octanol–water partition coefficient (Wildman–Crippen LogP) is 1.00. The summed E-state index contributed by atoms with van der Waals surface area (Å²) >= 11 is 0. The molecular formula is C11H17NO3. The molecule has 0 fully saturated rings. The number of aliphatic hydroxyl groups excluding tert-OH is 1. The number of hydrogen-bond donors (Lipinski definition) is 2. The molecule has 1 aromatic rings. The van der Waals surface area contributed by atoms with Crippen LogP contribution in [0.25, 0.3) is 0 Å². The van der Waals surface area contributed by atoms with Gasteiger partial charge in [0.2, 0.25) is 0 Å². The Morgan fingerprint density at radius 3 is 2.33 bits per heavy atom. The smallest absolute Gasteiger partial charge is 0.128 e. The molecule has 0 spiro atoms. The van der Waals surface area contributed by atoms with Crippen molar-refractivity contribution in [2.45, 2.75) is 13.0 Å². The highest BCUT2D eigenvalue weighted by molar-refractivity contribution is 5.47. The highest BCUT2D eigenvalue weighted by Crippen LogP contribution is 2.31. The third-order valence-corrected chi connectivity index (χ3v) is 2.33. The van der Waals surface area contributed by atoms with E-state index in [1.807, 2.05) is 13.0 Å². The van der Waals surface area contributed by atoms with Crippen molar-refractivity contribution in [1.82, 2.24) is 0 Å². The van der Waals surface area contributed by atoms with Gasteiger partial charge in [-0.1, -0.05) is 0 Å². The molecule has 0 aliphatic rings. The van der Waals surface area contributed by atoms with Gasteiger partial charge in [0.1, 0.15) is 11.5 Å². The molecule has 1 unspecified atom stereocenters. The maximum atomic E-state index is 9.68. The fraction of sp³-hybridized carbons (Fsp3) is 0.455. The first-order valence-corrected chi connectivity index (χ1v) is 4.74. The summed E-state index contributed by atoms with van der Waals surface area (Å²) in [7, 11) is 3.15. The minimum absolute atomic E-state index is 0.169. The number of benzene rings is 1. The van der Waals surface area contributed by atoms with Gasteiger partial charge in [-0.05, 0) is 18.6 Å². The Labute approximate surface area is 89.6 Å². The van der Waals surface area contributed by atoms with E-state index in [0.29, 0.717) is 11.3 Å². The Kier molecular flexibility index (Phi) is 3.94. The summed E-state index contributed by atoms with van der Waals surface area (Å²) in [6.07, 6.45) is -0.704. The standard InChI is InChI=1S/C11H17NO3/c1-7-4-8(9(13)6-12)11(15-3)5-10(7)14-2/h4-5,9,13H,6,12H2,1-3H3. The summed E-state index contributed by atoms with van der Waals surface area (Å²) < 4.78 is 10.3. The van der Waals surface area contributed by atoms with Crippen LogP contribution in [0.3, 0.4) is 0 Å². The summed E-state index contributed by atoms with van der Waals surface area (Å²) in [5.74, 6) is 1.33. The van der Waals surface area contributed by atoms with Crippen LogP contribution in [0.5, 0.6) is 11.5 Å². The predicted molar refractivity (Wildman–Crippen MR) is 58.3 cm³/mol. The van der Waals surface area contributed by atoms with Crippen molar-refractivity contribution in [3.05, 3.63) is 23.3 Å². The topological polar surface area (TPSA) is 64.7 Å². The Balaban J connectivity index is 3.21. The Hall–Kier alpha value is -1.26. The number of rotatable bonds is 4. The molecule has 0 amide bonds. The number of methoxy groups -OCH3 is 2. The molecule has 0 aliphatic heterocycles. The van der Waals surface area contributed by atoms with E-state index < -0.39 is 6.10 Å². The number of nitrogens with two attached hydrogens (primary N) is 1. The highest BCUT2D eigenvalue weighted by atomic mass is 16.5. The first-order chi connectivity index (χ1) is 7.13. The van der Waals surface area contributed by atoms with Gasteiger partial charge in [-0.15, -0.1) is 0 Å². The molecule has 1 aromatic carbocycles. The van der Waals surface area contributed by atoms with E-state index in [9.17, 15) is 5.11 Å². The van der Waals surface area contributed by atoms with Crippen molar-refractivity contribution in [2.24, 2.45) is 5.73 Å². The van der Waals surface area contributed by atoms with Gasteiger partial charge in [0.05, 0.1) is 20.3 Å². The van der Waals surface area contributed by atoms with Crippen molar-refractivity contribution >= 4 is 0 Å². The van der Waals surface area contributed by atoms with Crippen LogP contribution in [0.1, 0.15) is 17.2 Å². The van der Waals surface area contributed by atoms with Crippen molar-refractivity contribution in [3.8, 4) is 11.5 Å².